The molecule has 20 heavy (non-hydrogen) atoms. The van der Waals surface area contributed by atoms with Crippen molar-refractivity contribution in [2.24, 2.45) is 16.5 Å². The number of allylic oxidation sites excluding steroid dienone is 2. The average molecular weight is 315 g/mol. The van der Waals surface area contributed by atoms with Gasteiger partial charge in [0.05, 0.1) is 0 Å². The van der Waals surface area contributed by atoms with Crippen LogP contribution in [0, 0.1) is 6.92 Å². The van der Waals surface area contributed by atoms with Gasteiger partial charge in [-0.25, -0.2) is 4.99 Å². The summed E-state index contributed by atoms with van der Waals surface area (Å²) in [6.07, 6.45) is 7.42. The Kier molecular flexibility index (Phi) is 4.65. The smallest absolute Gasteiger partial charge is 0.176 e. The number of fused-ring (bicyclic) bond motifs is 1. The summed E-state index contributed by atoms with van der Waals surface area (Å²) in [5, 5.41) is 10.1. The molecule has 2 aliphatic rings. The van der Waals surface area contributed by atoms with Crippen molar-refractivity contribution in [3.8, 4) is 0 Å². The number of dihydropyridines is 2. The molecule has 6 N–H and O–H groups in total. The molecule has 1 aromatic rings. The number of nitrogens with zero attached hydrogens (tertiary/aromatic N) is 2. The molecule has 3 rings (SSSR count). The monoisotopic (exact) mass is 314 g/mol. The number of rotatable bonds is 1. The van der Waals surface area contributed by atoms with E-state index < -0.39 is 5.66 Å². The summed E-state index contributed by atoms with van der Waals surface area (Å²) in [6.45, 7) is 1.91. The molecule has 0 aliphatic carbocycles. The largest absolute Gasteiger partial charge is 0.383 e. The third-order valence-electron chi connectivity index (χ3n) is 2.95. The van der Waals surface area contributed by atoms with Crippen LogP contribution in [-0.4, -0.2) is 16.0 Å². The van der Waals surface area contributed by atoms with Gasteiger partial charge >= 0.3 is 0 Å². The minimum Gasteiger partial charge on any atom is -0.383 e. The molecule has 3 heterocycles. The van der Waals surface area contributed by atoms with Gasteiger partial charge < -0.3 is 11.1 Å². The molecule has 0 saturated carbocycles. The first-order chi connectivity index (χ1) is 8.58. The molecular weight excluding hydrogens is 299 g/mol. The maximum absolute atomic E-state index is 6.27. The standard InChI is InChI=1S/C12H14N6.2ClH/c1-7-5-10(18-17-7)12(14)6-9-8(11(13)16-12)3-2-4-15-9;;/h2-6,15H,14H2,1H3,(H2,13,16)(H,17,18);2*1H. The molecule has 0 spiro atoms. The van der Waals surface area contributed by atoms with Crippen molar-refractivity contribution in [2.75, 3.05) is 0 Å². The van der Waals surface area contributed by atoms with E-state index >= 15 is 0 Å². The summed E-state index contributed by atoms with van der Waals surface area (Å²) < 4.78 is 0. The van der Waals surface area contributed by atoms with Gasteiger partial charge in [0.15, 0.2) is 5.66 Å². The average Bonchev–Trinajstić information content (AvgIpc) is 2.76. The zero-order chi connectivity index (χ0) is 12.8. The van der Waals surface area contributed by atoms with Gasteiger partial charge in [0.2, 0.25) is 0 Å². The van der Waals surface area contributed by atoms with E-state index in [1.165, 1.54) is 0 Å². The van der Waals surface area contributed by atoms with Gasteiger partial charge in [0.25, 0.3) is 0 Å². The van der Waals surface area contributed by atoms with Gasteiger partial charge in [-0.3, -0.25) is 10.8 Å². The fourth-order valence-corrected chi connectivity index (χ4v) is 2.06. The van der Waals surface area contributed by atoms with E-state index in [9.17, 15) is 0 Å². The van der Waals surface area contributed by atoms with E-state index in [-0.39, 0.29) is 24.8 Å². The van der Waals surface area contributed by atoms with Crippen LogP contribution in [0.15, 0.2) is 46.8 Å². The molecule has 0 bridgehead atoms. The third-order valence-corrected chi connectivity index (χ3v) is 2.95. The molecule has 8 heteroatoms. The Bertz CT molecular complexity index is 628. The van der Waals surface area contributed by atoms with Crippen molar-refractivity contribution in [3.63, 3.8) is 0 Å². The highest BCUT2D eigenvalue weighted by molar-refractivity contribution is 6.02. The number of amidine groups is 1. The van der Waals surface area contributed by atoms with Crippen LogP contribution in [0.3, 0.4) is 0 Å². The second kappa shape index (κ2) is 5.70. The molecule has 0 radical (unpaired) electrons. The first-order valence-corrected chi connectivity index (χ1v) is 5.62. The summed E-state index contributed by atoms with van der Waals surface area (Å²) in [5.74, 6) is 0.410. The normalized spacial score (nSPS) is 23.2. The van der Waals surface area contributed by atoms with Crippen molar-refractivity contribution < 1.29 is 0 Å². The number of aromatic nitrogens is 2. The predicted molar refractivity (Wildman–Crippen MR) is 83.8 cm³/mol. The number of H-pyrrole nitrogens is 1. The molecular formula is C12H16Cl2N6. The molecule has 2 aliphatic heterocycles. The Balaban J connectivity index is 0.000001000. The zero-order valence-electron chi connectivity index (χ0n) is 10.8. The van der Waals surface area contributed by atoms with E-state index in [1.54, 1.807) is 0 Å². The number of aromatic amines is 1. The molecule has 6 nitrogen and oxygen atoms in total. The van der Waals surface area contributed by atoms with Gasteiger partial charge in [-0.2, -0.15) is 5.10 Å². The molecule has 0 fully saturated rings. The van der Waals surface area contributed by atoms with Crippen LogP contribution in [0.1, 0.15) is 11.4 Å². The van der Waals surface area contributed by atoms with Crippen molar-refractivity contribution in [2.45, 2.75) is 12.6 Å². The number of aliphatic imine (C=N–C) groups is 1. The lowest BCUT2D eigenvalue weighted by atomic mass is 9.97. The van der Waals surface area contributed by atoms with Crippen molar-refractivity contribution in [3.05, 3.63) is 53.2 Å². The maximum atomic E-state index is 6.27. The van der Waals surface area contributed by atoms with Crippen LogP contribution in [-0.2, 0) is 5.66 Å². The van der Waals surface area contributed by atoms with Crippen LogP contribution in [0.5, 0.6) is 0 Å². The predicted octanol–water partition coefficient (Wildman–Crippen LogP) is 0.971. The quantitative estimate of drug-likeness (QED) is 0.620. The van der Waals surface area contributed by atoms with E-state index in [4.69, 9.17) is 11.5 Å². The van der Waals surface area contributed by atoms with Crippen LogP contribution < -0.4 is 16.8 Å². The summed E-state index contributed by atoms with van der Waals surface area (Å²) in [4.78, 5) is 4.35. The Hall–Kier alpha value is -1.76. The topological polar surface area (TPSA) is 105 Å². The number of nitrogens with one attached hydrogen (secondary N) is 2. The molecule has 1 unspecified atom stereocenters. The lowest BCUT2D eigenvalue weighted by Crippen LogP contribution is -2.41. The first-order valence-electron chi connectivity index (χ1n) is 5.62. The Labute approximate surface area is 128 Å². The van der Waals surface area contributed by atoms with Crippen LogP contribution in [0.2, 0.25) is 0 Å². The first kappa shape index (κ1) is 16.3. The highest BCUT2D eigenvalue weighted by Gasteiger charge is 2.33. The maximum Gasteiger partial charge on any atom is 0.176 e. The molecule has 0 saturated heterocycles. The highest BCUT2D eigenvalue weighted by Crippen LogP contribution is 2.29. The minimum atomic E-state index is -1.03. The number of nitrogens with two attached hydrogens (primary N) is 2. The van der Waals surface area contributed by atoms with Gasteiger partial charge in [0.1, 0.15) is 11.5 Å². The number of aryl methyl sites for hydroxylation is 1. The van der Waals surface area contributed by atoms with Crippen molar-refractivity contribution in [1.82, 2.24) is 15.5 Å². The van der Waals surface area contributed by atoms with Gasteiger partial charge in [-0.1, -0.05) is 0 Å². The van der Waals surface area contributed by atoms with E-state index in [0.29, 0.717) is 11.5 Å². The molecule has 1 aromatic heterocycles. The second-order valence-electron chi connectivity index (χ2n) is 4.40. The number of halogens is 2. The Morgan fingerprint density at radius 3 is 2.70 bits per heavy atom. The van der Waals surface area contributed by atoms with Gasteiger partial charge in [-0.15, -0.1) is 24.8 Å². The Morgan fingerprint density at radius 1 is 1.30 bits per heavy atom. The summed E-state index contributed by atoms with van der Waals surface area (Å²) >= 11 is 0. The highest BCUT2D eigenvalue weighted by atomic mass is 35.5. The second-order valence-corrected chi connectivity index (χ2v) is 4.40. The van der Waals surface area contributed by atoms with Gasteiger partial charge in [0, 0.05) is 23.2 Å². The molecule has 0 aromatic carbocycles. The van der Waals surface area contributed by atoms with Crippen LogP contribution in [0.25, 0.3) is 0 Å². The summed E-state index contributed by atoms with van der Waals surface area (Å²) in [7, 11) is 0. The van der Waals surface area contributed by atoms with E-state index in [0.717, 1.165) is 17.0 Å². The van der Waals surface area contributed by atoms with Crippen molar-refractivity contribution >= 4 is 30.6 Å². The molecule has 0 amide bonds. The number of hydrogen-bond donors (Lipinski definition) is 4. The molecule has 108 valence electrons. The summed E-state index contributed by atoms with van der Waals surface area (Å²) in [6, 6.07) is 1.86. The fraction of sp³-hybridized carbons (Fsp3) is 0.167. The van der Waals surface area contributed by atoms with Crippen LogP contribution >= 0.6 is 24.8 Å². The SMILES string of the molecule is Cc1cc(C2(N)C=C3NC=CC=C3C(N)=N2)n[nH]1.Cl.Cl. The zero-order valence-corrected chi connectivity index (χ0v) is 12.4. The van der Waals surface area contributed by atoms with E-state index in [1.807, 2.05) is 37.4 Å². The lowest BCUT2D eigenvalue weighted by Gasteiger charge is -2.28. The lowest BCUT2D eigenvalue weighted by molar-refractivity contribution is 0.561. The number of hydrogen-bond acceptors (Lipinski definition) is 5. The minimum absolute atomic E-state index is 0. The van der Waals surface area contributed by atoms with Crippen LogP contribution in [0.4, 0.5) is 0 Å². The summed E-state index contributed by atoms with van der Waals surface area (Å²) in [5.41, 5.74) is 14.5. The van der Waals surface area contributed by atoms with Gasteiger partial charge in [-0.05, 0) is 31.2 Å². The Morgan fingerprint density at radius 2 is 2.05 bits per heavy atom. The fourth-order valence-electron chi connectivity index (χ4n) is 2.06. The third kappa shape index (κ3) is 2.58. The van der Waals surface area contributed by atoms with E-state index in [2.05, 4.69) is 20.5 Å². The molecule has 1 atom stereocenters. The van der Waals surface area contributed by atoms with Crippen molar-refractivity contribution in [1.29, 1.82) is 0 Å².